The normalized spacial score (nSPS) is 15.6. The summed E-state index contributed by atoms with van der Waals surface area (Å²) in [6, 6.07) is 12.0. The molecule has 0 fully saturated rings. The number of hydrogen-bond donors (Lipinski definition) is 0. The zero-order valence-electron chi connectivity index (χ0n) is 17.2. The maximum Gasteiger partial charge on any atom is 0.290 e. The van der Waals surface area contributed by atoms with Gasteiger partial charge in [-0.2, -0.15) is 0 Å². The molecule has 1 aliphatic heterocycles. The maximum absolute atomic E-state index is 13.3. The first-order chi connectivity index (χ1) is 14.9. The molecule has 1 atom stereocenters. The van der Waals surface area contributed by atoms with Crippen LogP contribution in [0, 0.1) is 10.1 Å². The fraction of sp³-hybridized carbons (Fsp3) is 0.304. The fourth-order valence-corrected chi connectivity index (χ4v) is 3.91. The van der Waals surface area contributed by atoms with E-state index in [9.17, 15) is 19.7 Å². The van der Waals surface area contributed by atoms with Gasteiger partial charge in [0.2, 0.25) is 5.76 Å². The highest BCUT2D eigenvalue weighted by Crippen LogP contribution is 2.39. The van der Waals surface area contributed by atoms with Crippen molar-refractivity contribution in [2.45, 2.75) is 32.4 Å². The first-order valence-electron chi connectivity index (χ1n) is 10.1. The summed E-state index contributed by atoms with van der Waals surface area (Å²) in [5.74, 6) is -0.413. The van der Waals surface area contributed by atoms with Gasteiger partial charge in [0, 0.05) is 25.3 Å². The predicted octanol–water partition coefficient (Wildman–Crippen LogP) is 4.06. The predicted molar refractivity (Wildman–Crippen MR) is 114 cm³/mol. The number of ether oxygens (including phenoxy) is 1. The van der Waals surface area contributed by atoms with Gasteiger partial charge in [-0.1, -0.05) is 24.3 Å². The lowest BCUT2D eigenvalue weighted by Gasteiger charge is -2.25. The van der Waals surface area contributed by atoms with E-state index in [2.05, 4.69) is 0 Å². The number of benzene rings is 2. The smallest absolute Gasteiger partial charge is 0.290 e. The molecule has 160 valence electrons. The van der Waals surface area contributed by atoms with Crippen LogP contribution in [0.4, 0.5) is 5.69 Å². The lowest BCUT2D eigenvalue weighted by Crippen LogP contribution is -2.31. The molecular weight excluding hydrogens is 400 g/mol. The summed E-state index contributed by atoms with van der Waals surface area (Å²) in [6.45, 7) is 4.62. The van der Waals surface area contributed by atoms with E-state index in [1.54, 1.807) is 36.4 Å². The minimum Gasteiger partial charge on any atom is -0.450 e. The number of rotatable bonds is 7. The molecule has 0 aliphatic carbocycles. The Balaban J connectivity index is 1.83. The number of carbonyl (C=O) groups excluding carboxylic acids is 1. The van der Waals surface area contributed by atoms with Crippen LogP contribution in [0.5, 0.6) is 0 Å². The van der Waals surface area contributed by atoms with Crippen LogP contribution in [-0.2, 0) is 4.74 Å². The minimum absolute atomic E-state index is 0.00927. The molecule has 1 aliphatic rings. The molecular formula is C23H22N2O6. The molecule has 31 heavy (non-hydrogen) atoms. The third-order valence-corrected chi connectivity index (χ3v) is 5.26. The van der Waals surface area contributed by atoms with Crippen molar-refractivity contribution in [3.8, 4) is 0 Å². The highest BCUT2D eigenvalue weighted by atomic mass is 16.6. The van der Waals surface area contributed by atoms with Crippen molar-refractivity contribution in [2.75, 3.05) is 13.2 Å². The summed E-state index contributed by atoms with van der Waals surface area (Å²) in [7, 11) is 0. The van der Waals surface area contributed by atoms with Gasteiger partial charge in [0.05, 0.1) is 28.0 Å². The van der Waals surface area contributed by atoms with Crippen LogP contribution in [0.2, 0.25) is 0 Å². The Labute approximate surface area is 178 Å². The molecule has 1 aromatic heterocycles. The van der Waals surface area contributed by atoms with Crippen molar-refractivity contribution in [3.63, 3.8) is 0 Å². The van der Waals surface area contributed by atoms with Gasteiger partial charge in [0.25, 0.3) is 11.6 Å². The van der Waals surface area contributed by atoms with E-state index in [0.29, 0.717) is 36.1 Å². The lowest BCUT2D eigenvalue weighted by atomic mass is 9.98. The third-order valence-electron chi connectivity index (χ3n) is 5.26. The molecule has 2 aromatic carbocycles. The minimum atomic E-state index is -0.762. The third kappa shape index (κ3) is 3.82. The van der Waals surface area contributed by atoms with Crippen LogP contribution < -0.4 is 5.43 Å². The Morgan fingerprint density at radius 1 is 1.16 bits per heavy atom. The van der Waals surface area contributed by atoms with Crippen molar-refractivity contribution >= 4 is 22.6 Å². The Morgan fingerprint density at radius 2 is 1.94 bits per heavy atom. The van der Waals surface area contributed by atoms with Gasteiger partial charge in [-0.15, -0.1) is 0 Å². The van der Waals surface area contributed by atoms with Crippen LogP contribution >= 0.6 is 0 Å². The molecule has 0 spiro atoms. The van der Waals surface area contributed by atoms with E-state index in [0.717, 1.165) is 0 Å². The fourth-order valence-electron chi connectivity index (χ4n) is 3.91. The summed E-state index contributed by atoms with van der Waals surface area (Å²) < 4.78 is 11.4. The van der Waals surface area contributed by atoms with Crippen molar-refractivity contribution < 1.29 is 18.9 Å². The lowest BCUT2D eigenvalue weighted by molar-refractivity contribution is -0.384. The molecule has 4 rings (SSSR count). The summed E-state index contributed by atoms with van der Waals surface area (Å²) in [6.07, 6.45) is 0.615. The van der Waals surface area contributed by atoms with Crippen molar-refractivity contribution in [1.29, 1.82) is 0 Å². The first kappa shape index (κ1) is 20.7. The summed E-state index contributed by atoms with van der Waals surface area (Å²) in [5.41, 5.74) is 0.638. The van der Waals surface area contributed by atoms with E-state index in [1.807, 2.05) is 13.8 Å². The van der Waals surface area contributed by atoms with Crippen LogP contribution in [0.1, 0.15) is 48.0 Å². The number of para-hydroxylation sites is 1. The van der Waals surface area contributed by atoms with E-state index in [4.69, 9.17) is 9.15 Å². The molecule has 0 saturated heterocycles. The Kier molecular flexibility index (Phi) is 5.56. The van der Waals surface area contributed by atoms with Crippen molar-refractivity contribution in [2.24, 2.45) is 0 Å². The average molecular weight is 422 g/mol. The van der Waals surface area contributed by atoms with E-state index < -0.39 is 16.9 Å². The molecule has 1 amide bonds. The Bertz CT molecular complexity index is 1220. The van der Waals surface area contributed by atoms with Gasteiger partial charge < -0.3 is 14.1 Å². The largest absolute Gasteiger partial charge is 0.450 e. The van der Waals surface area contributed by atoms with Gasteiger partial charge in [0.1, 0.15) is 5.58 Å². The van der Waals surface area contributed by atoms with Crippen LogP contribution in [0.15, 0.2) is 57.7 Å². The number of carbonyl (C=O) groups is 1. The van der Waals surface area contributed by atoms with Gasteiger partial charge in [-0.05, 0) is 38.0 Å². The monoisotopic (exact) mass is 422 g/mol. The molecule has 8 heteroatoms. The number of non-ortho nitro benzene ring substituents is 1. The molecule has 0 bridgehead atoms. The van der Waals surface area contributed by atoms with Gasteiger partial charge in [-0.3, -0.25) is 19.7 Å². The zero-order chi connectivity index (χ0) is 22.1. The molecule has 0 unspecified atom stereocenters. The first-order valence-corrected chi connectivity index (χ1v) is 10.1. The number of amides is 1. The molecule has 0 saturated carbocycles. The molecule has 0 radical (unpaired) electrons. The van der Waals surface area contributed by atoms with Crippen molar-refractivity contribution in [3.05, 3.63) is 85.8 Å². The maximum atomic E-state index is 13.3. The summed E-state index contributed by atoms with van der Waals surface area (Å²) >= 11 is 0. The van der Waals surface area contributed by atoms with Gasteiger partial charge in [-0.25, -0.2) is 0 Å². The van der Waals surface area contributed by atoms with Crippen LogP contribution in [-0.4, -0.2) is 35.0 Å². The standard InChI is InChI=1S/C23H22N2O6/c1-14(2)30-12-6-11-24-20(15-7-5-8-16(13-15)25(28)29)19-21(26)17-9-3-4-10-18(17)31-22(19)23(24)27/h3-5,7-10,13-14,20H,6,11-12H2,1-2H3/t20-/m0/s1. The average Bonchev–Trinajstić information content (AvgIpc) is 3.03. The highest BCUT2D eigenvalue weighted by molar-refractivity contribution is 5.99. The Hall–Kier alpha value is -3.52. The van der Waals surface area contributed by atoms with Crippen LogP contribution in [0.25, 0.3) is 11.0 Å². The van der Waals surface area contributed by atoms with Gasteiger partial charge >= 0.3 is 0 Å². The molecule has 8 nitrogen and oxygen atoms in total. The van der Waals surface area contributed by atoms with Crippen LogP contribution in [0.3, 0.4) is 0 Å². The number of fused-ring (bicyclic) bond motifs is 2. The number of nitro benzene ring substituents is 1. The number of hydrogen-bond acceptors (Lipinski definition) is 6. The zero-order valence-corrected chi connectivity index (χ0v) is 17.2. The second-order valence-corrected chi connectivity index (χ2v) is 7.70. The summed E-state index contributed by atoms with van der Waals surface area (Å²) in [5, 5.41) is 11.7. The summed E-state index contributed by atoms with van der Waals surface area (Å²) in [4.78, 5) is 38.9. The highest BCUT2D eigenvalue weighted by Gasteiger charge is 2.42. The van der Waals surface area contributed by atoms with E-state index >= 15 is 0 Å². The Morgan fingerprint density at radius 3 is 2.68 bits per heavy atom. The van der Waals surface area contributed by atoms with Crippen molar-refractivity contribution in [1.82, 2.24) is 4.90 Å². The quantitative estimate of drug-likeness (QED) is 0.323. The second kappa shape index (κ2) is 8.31. The van der Waals surface area contributed by atoms with Gasteiger partial charge in [0.15, 0.2) is 5.43 Å². The number of nitro groups is 1. The number of nitrogens with zero attached hydrogens (tertiary/aromatic N) is 2. The molecule has 2 heterocycles. The molecule has 0 N–H and O–H groups in total. The van der Waals surface area contributed by atoms with E-state index in [1.165, 1.54) is 17.0 Å². The SMILES string of the molecule is CC(C)OCCCN1C(=O)c2oc3ccccc3c(=O)c2[C@@H]1c1cccc([N+](=O)[O-])c1. The second-order valence-electron chi connectivity index (χ2n) is 7.70. The molecule has 3 aromatic rings. The van der Waals surface area contributed by atoms with E-state index in [-0.39, 0.29) is 28.5 Å². The topological polar surface area (TPSA) is 103 Å².